The summed E-state index contributed by atoms with van der Waals surface area (Å²) in [6.45, 7) is 1.66. The number of hydrogen-bond donors (Lipinski definition) is 1. The van der Waals surface area contributed by atoms with Crippen LogP contribution in [0.15, 0.2) is 53.4 Å². The van der Waals surface area contributed by atoms with Gasteiger partial charge in [-0.05, 0) is 37.1 Å². The first-order valence-corrected chi connectivity index (χ1v) is 9.82. The Balaban J connectivity index is 2.33. The molecule has 0 aromatic heterocycles. The highest BCUT2D eigenvalue weighted by Crippen LogP contribution is 2.28. The minimum absolute atomic E-state index is 0.00925. The number of ether oxygens (including phenoxy) is 2. The van der Waals surface area contributed by atoms with Crippen molar-refractivity contribution < 1.29 is 27.6 Å². The molecule has 0 bridgehead atoms. The third-order valence-corrected chi connectivity index (χ3v) is 5.29. The summed E-state index contributed by atoms with van der Waals surface area (Å²) in [6.07, 6.45) is -0.129. The molecular weight excluding hydrogens is 388 g/mol. The van der Waals surface area contributed by atoms with Crippen molar-refractivity contribution in [1.29, 1.82) is 0 Å². The SMILES string of the molecule is CCOC(=O)[C@@H](Cc1ccc(OC)c([N+](=O)[O-])c1)NS(=O)(=O)c1ccccc1. The molecule has 2 rings (SSSR count). The van der Waals surface area contributed by atoms with Gasteiger partial charge in [0, 0.05) is 6.07 Å². The molecule has 1 atom stereocenters. The van der Waals surface area contributed by atoms with E-state index in [-0.39, 0.29) is 29.4 Å². The topological polar surface area (TPSA) is 125 Å². The molecule has 150 valence electrons. The van der Waals surface area contributed by atoms with Crippen LogP contribution in [0.2, 0.25) is 0 Å². The zero-order valence-corrected chi connectivity index (χ0v) is 16.1. The lowest BCUT2D eigenvalue weighted by atomic mass is 10.1. The molecule has 10 heteroatoms. The Labute approximate surface area is 162 Å². The van der Waals surface area contributed by atoms with Crippen LogP contribution in [0.25, 0.3) is 0 Å². The van der Waals surface area contributed by atoms with Gasteiger partial charge in [-0.15, -0.1) is 0 Å². The van der Waals surface area contributed by atoms with E-state index in [1.807, 2.05) is 0 Å². The lowest BCUT2D eigenvalue weighted by Crippen LogP contribution is -2.43. The number of nitrogens with zero attached hydrogens (tertiary/aromatic N) is 1. The molecule has 0 heterocycles. The predicted molar refractivity (Wildman–Crippen MR) is 101 cm³/mol. The second-order valence-electron chi connectivity index (χ2n) is 5.71. The minimum atomic E-state index is -3.99. The lowest BCUT2D eigenvalue weighted by molar-refractivity contribution is -0.385. The van der Waals surface area contributed by atoms with Crippen molar-refractivity contribution in [1.82, 2.24) is 4.72 Å². The Morgan fingerprint density at radius 1 is 1.21 bits per heavy atom. The molecule has 9 nitrogen and oxygen atoms in total. The lowest BCUT2D eigenvalue weighted by Gasteiger charge is -2.18. The number of rotatable bonds is 9. The third kappa shape index (κ3) is 5.27. The van der Waals surface area contributed by atoms with Crippen LogP contribution in [0.4, 0.5) is 5.69 Å². The predicted octanol–water partition coefficient (Wildman–Crippen LogP) is 2.06. The second kappa shape index (κ2) is 9.29. The number of nitro groups is 1. The number of benzene rings is 2. The maximum atomic E-state index is 12.6. The van der Waals surface area contributed by atoms with Crippen molar-refractivity contribution in [2.45, 2.75) is 24.3 Å². The summed E-state index contributed by atoms with van der Waals surface area (Å²) in [5.41, 5.74) is 0.0924. The van der Waals surface area contributed by atoms with Crippen molar-refractivity contribution in [3.05, 3.63) is 64.2 Å². The molecule has 0 radical (unpaired) electrons. The number of carbonyl (C=O) groups is 1. The van der Waals surface area contributed by atoms with Gasteiger partial charge in [0.1, 0.15) is 6.04 Å². The van der Waals surface area contributed by atoms with Crippen LogP contribution >= 0.6 is 0 Å². The summed E-state index contributed by atoms with van der Waals surface area (Å²) in [7, 11) is -2.69. The first kappa shape index (κ1) is 21.3. The third-order valence-electron chi connectivity index (χ3n) is 3.80. The average molecular weight is 408 g/mol. The molecule has 0 aliphatic carbocycles. The van der Waals surface area contributed by atoms with Gasteiger partial charge >= 0.3 is 11.7 Å². The number of nitrogens with one attached hydrogen (secondary N) is 1. The van der Waals surface area contributed by atoms with Crippen LogP contribution < -0.4 is 9.46 Å². The van der Waals surface area contributed by atoms with Crippen molar-refractivity contribution in [2.75, 3.05) is 13.7 Å². The maximum absolute atomic E-state index is 12.6. The van der Waals surface area contributed by atoms with Crippen LogP contribution in [-0.2, 0) is 26.0 Å². The molecule has 0 aliphatic rings. The smallest absolute Gasteiger partial charge is 0.324 e. The molecule has 0 amide bonds. The van der Waals surface area contributed by atoms with Gasteiger partial charge < -0.3 is 9.47 Å². The number of methoxy groups -OCH3 is 1. The van der Waals surface area contributed by atoms with Crippen LogP contribution in [0.1, 0.15) is 12.5 Å². The minimum Gasteiger partial charge on any atom is -0.490 e. The number of esters is 1. The van der Waals surface area contributed by atoms with Gasteiger partial charge in [0.05, 0.1) is 23.5 Å². The van der Waals surface area contributed by atoms with E-state index < -0.39 is 27.0 Å². The Hall–Kier alpha value is -2.98. The average Bonchev–Trinajstić information content (AvgIpc) is 2.68. The molecular formula is C18H20N2O7S. The normalized spacial score (nSPS) is 12.2. The summed E-state index contributed by atoms with van der Waals surface area (Å²) < 4.78 is 37.4. The Kier molecular flexibility index (Phi) is 7.07. The standard InChI is InChI=1S/C18H20N2O7S/c1-3-27-18(21)15(19-28(24,25)14-7-5-4-6-8-14)11-13-9-10-17(26-2)16(12-13)20(22)23/h4-10,12,15,19H,3,11H2,1-2H3/t15-/m1/s1. The van der Waals surface area contributed by atoms with E-state index in [2.05, 4.69) is 4.72 Å². The highest BCUT2D eigenvalue weighted by molar-refractivity contribution is 7.89. The molecule has 2 aromatic rings. The summed E-state index contributed by atoms with van der Waals surface area (Å²) >= 11 is 0. The molecule has 28 heavy (non-hydrogen) atoms. The van der Waals surface area contributed by atoms with Gasteiger partial charge in [-0.1, -0.05) is 24.3 Å². The van der Waals surface area contributed by atoms with Gasteiger partial charge in [-0.25, -0.2) is 8.42 Å². The van der Waals surface area contributed by atoms with Gasteiger partial charge in [-0.2, -0.15) is 4.72 Å². The monoisotopic (exact) mass is 408 g/mol. The quantitative estimate of drug-likeness (QED) is 0.382. The van der Waals surface area contributed by atoms with Crippen LogP contribution in [0, 0.1) is 10.1 Å². The van der Waals surface area contributed by atoms with Gasteiger partial charge in [0.2, 0.25) is 10.0 Å². The molecule has 0 aliphatic heterocycles. The molecule has 0 fully saturated rings. The van der Waals surface area contributed by atoms with E-state index in [0.717, 1.165) is 0 Å². The van der Waals surface area contributed by atoms with Crippen molar-refractivity contribution in [3.8, 4) is 5.75 Å². The van der Waals surface area contributed by atoms with Crippen molar-refractivity contribution in [2.24, 2.45) is 0 Å². The van der Waals surface area contributed by atoms with E-state index >= 15 is 0 Å². The molecule has 1 N–H and O–H groups in total. The zero-order chi connectivity index (χ0) is 20.7. The summed E-state index contributed by atoms with van der Waals surface area (Å²) in [5, 5.41) is 11.2. The summed E-state index contributed by atoms with van der Waals surface area (Å²) in [6, 6.07) is 10.5. The van der Waals surface area contributed by atoms with Crippen LogP contribution in [-0.4, -0.2) is 39.1 Å². The van der Waals surface area contributed by atoms with Gasteiger partial charge in [0.15, 0.2) is 5.75 Å². The first-order valence-electron chi connectivity index (χ1n) is 8.33. The summed E-state index contributed by atoms with van der Waals surface area (Å²) in [5.74, 6) is -0.716. The Bertz CT molecular complexity index is 946. The molecule has 2 aromatic carbocycles. The van der Waals surface area contributed by atoms with Crippen LogP contribution in [0.5, 0.6) is 5.75 Å². The fraction of sp³-hybridized carbons (Fsp3) is 0.278. The molecule has 0 saturated heterocycles. The fourth-order valence-electron chi connectivity index (χ4n) is 2.51. The van der Waals surface area contributed by atoms with E-state index in [9.17, 15) is 23.3 Å². The Morgan fingerprint density at radius 3 is 2.46 bits per heavy atom. The highest BCUT2D eigenvalue weighted by Gasteiger charge is 2.28. The number of hydrogen-bond acceptors (Lipinski definition) is 7. The Morgan fingerprint density at radius 2 is 1.89 bits per heavy atom. The number of nitro benzene ring substituents is 1. The van der Waals surface area contributed by atoms with Crippen molar-refractivity contribution in [3.63, 3.8) is 0 Å². The van der Waals surface area contributed by atoms with Crippen LogP contribution in [0.3, 0.4) is 0 Å². The first-order chi connectivity index (χ1) is 13.3. The highest BCUT2D eigenvalue weighted by atomic mass is 32.2. The maximum Gasteiger partial charge on any atom is 0.324 e. The second-order valence-corrected chi connectivity index (χ2v) is 7.42. The van der Waals surface area contributed by atoms with E-state index in [0.29, 0.717) is 5.56 Å². The summed E-state index contributed by atoms with van der Waals surface area (Å²) in [4.78, 5) is 22.9. The number of carbonyl (C=O) groups excluding carboxylic acids is 1. The zero-order valence-electron chi connectivity index (χ0n) is 15.3. The van der Waals surface area contributed by atoms with E-state index in [4.69, 9.17) is 9.47 Å². The van der Waals surface area contributed by atoms with Gasteiger partial charge in [-0.3, -0.25) is 14.9 Å². The van der Waals surface area contributed by atoms with Crippen molar-refractivity contribution >= 4 is 21.7 Å². The fourth-order valence-corrected chi connectivity index (χ4v) is 3.72. The number of sulfonamides is 1. The molecule has 0 spiro atoms. The largest absolute Gasteiger partial charge is 0.490 e. The van der Waals surface area contributed by atoms with E-state index in [1.165, 1.54) is 37.4 Å². The molecule has 0 saturated carbocycles. The van der Waals surface area contributed by atoms with Gasteiger partial charge in [0.25, 0.3) is 0 Å². The van der Waals surface area contributed by atoms with E-state index in [1.54, 1.807) is 25.1 Å². The molecule has 0 unspecified atom stereocenters.